The van der Waals surface area contributed by atoms with Crippen molar-refractivity contribution < 1.29 is 4.79 Å². The normalized spacial score (nSPS) is 10.7. The molecule has 1 N–H and O–H groups in total. The molecule has 0 spiro atoms. The van der Waals surface area contributed by atoms with Crippen LogP contribution in [0.25, 0.3) is 5.69 Å². The van der Waals surface area contributed by atoms with Gasteiger partial charge < -0.3 is 5.32 Å². The zero-order chi connectivity index (χ0) is 17.3. The summed E-state index contributed by atoms with van der Waals surface area (Å²) in [6.07, 6.45) is 0. The van der Waals surface area contributed by atoms with Gasteiger partial charge in [-0.05, 0) is 43.7 Å². The number of nitrogens with zero attached hydrogens (tertiary/aromatic N) is 2. The van der Waals surface area contributed by atoms with Crippen molar-refractivity contribution in [1.82, 2.24) is 9.78 Å². The Labute approximate surface area is 150 Å². The third-order valence-corrected chi connectivity index (χ3v) is 4.14. The van der Waals surface area contributed by atoms with Crippen LogP contribution in [-0.2, 0) is 0 Å². The largest absolute Gasteiger partial charge is 0.306 e. The maximum atomic E-state index is 12.5. The lowest BCUT2D eigenvalue weighted by atomic mass is 10.2. The average Bonchev–Trinajstić information content (AvgIpc) is 2.87. The van der Waals surface area contributed by atoms with Gasteiger partial charge in [-0.25, -0.2) is 4.68 Å². The number of hydrogen-bond donors (Lipinski definition) is 1. The van der Waals surface area contributed by atoms with Crippen molar-refractivity contribution in [2.24, 2.45) is 0 Å². The van der Waals surface area contributed by atoms with Crippen LogP contribution in [0.4, 0.5) is 5.82 Å². The summed E-state index contributed by atoms with van der Waals surface area (Å²) < 4.78 is 1.71. The van der Waals surface area contributed by atoms with E-state index in [9.17, 15) is 4.79 Å². The van der Waals surface area contributed by atoms with Gasteiger partial charge in [0.2, 0.25) is 0 Å². The highest BCUT2D eigenvalue weighted by atomic mass is 35.5. The van der Waals surface area contributed by atoms with Gasteiger partial charge in [-0.3, -0.25) is 4.79 Å². The number of rotatable bonds is 3. The van der Waals surface area contributed by atoms with E-state index in [0.717, 1.165) is 16.9 Å². The van der Waals surface area contributed by atoms with E-state index >= 15 is 0 Å². The van der Waals surface area contributed by atoms with Crippen LogP contribution in [-0.4, -0.2) is 15.7 Å². The molecule has 0 fully saturated rings. The zero-order valence-electron chi connectivity index (χ0n) is 13.2. The van der Waals surface area contributed by atoms with Gasteiger partial charge in [-0.15, -0.1) is 0 Å². The number of carbonyl (C=O) groups is 1. The fraction of sp³-hybridized carbons (Fsp3) is 0.111. The lowest BCUT2D eigenvalue weighted by molar-refractivity contribution is 0.102. The summed E-state index contributed by atoms with van der Waals surface area (Å²) in [6, 6.07) is 14.4. The number of amides is 1. The summed E-state index contributed by atoms with van der Waals surface area (Å²) in [4.78, 5) is 12.5. The first-order valence-corrected chi connectivity index (χ1v) is 8.10. The first-order valence-electron chi connectivity index (χ1n) is 7.35. The van der Waals surface area contributed by atoms with Crippen LogP contribution in [0.3, 0.4) is 0 Å². The van der Waals surface area contributed by atoms with Gasteiger partial charge in [0.05, 0.1) is 22.0 Å². The van der Waals surface area contributed by atoms with E-state index in [2.05, 4.69) is 10.4 Å². The van der Waals surface area contributed by atoms with Crippen molar-refractivity contribution in [3.63, 3.8) is 0 Å². The van der Waals surface area contributed by atoms with Gasteiger partial charge in [0.15, 0.2) is 0 Å². The standard InChI is InChI=1S/C18H15Cl2N3O/c1-11-5-3-4-6-16(11)23-17(9-12(2)22-23)21-18(24)14-8-7-13(19)10-15(14)20/h3-10H,1-2H3,(H,21,24). The van der Waals surface area contributed by atoms with Crippen molar-refractivity contribution in [3.8, 4) is 5.69 Å². The number of aromatic nitrogens is 2. The molecule has 0 aliphatic rings. The minimum atomic E-state index is -0.314. The number of aryl methyl sites for hydroxylation is 2. The van der Waals surface area contributed by atoms with Crippen molar-refractivity contribution in [1.29, 1.82) is 0 Å². The van der Waals surface area contributed by atoms with Crippen molar-refractivity contribution >= 4 is 34.9 Å². The van der Waals surface area contributed by atoms with E-state index in [-0.39, 0.29) is 5.91 Å². The Hall–Kier alpha value is -2.30. The molecule has 122 valence electrons. The molecule has 0 bridgehead atoms. The van der Waals surface area contributed by atoms with Crippen LogP contribution in [0.15, 0.2) is 48.5 Å². The van der Waals surface area contributed by atoms with Gasteiger partial charge in [0, 0.05) is 11.1 Å². The number of carbonyl (C=O) groups excluding carboxylic acids is 1. The second kappa shape index (κ2) is 6.67. The fourth-order valence-corrected chi connectivity index (χ4v) is 2.92. The molecule has 1 aromatic heterocycles. The molecule has 0 aliphatic carbocycles. The summed E-state index contributed by atoms with van der Waals surface area (Å²) in [5, 5.41) is 8.13. The highest BCUT2D eigenvalue weighted by Crippen LogP contribution is 2.24. The Morgan fingerprint density at radius 3 is 2.54 bits per heavy atom. The molecule has 0 saturated heterocycles. The maximum Gasteiger partial charge on any atom is 0.258 e. The summed E-state index contributed by atoms with van der Waals surface area (Å²) >= 11 is 12.0. The van der Waals surface area contributed by atoms with E-state index in [1.54, 1.807) is 22.9 Å². The van der Waals surface area contributed by atoms with Gasteiger partial charge in [0.25, 0.3) is 5.91 Å². The van der Waals surface area contributed by atoms with Crippen molar-refractivity contribution in [2.75, 3.05) is 5.32 Å². The van der Waals surface area contributed by atoms with Crippen LogP contribution in [0, 0.1) is 13.8 Å². The molecule has 0 unspecified atom stereocenters. The average molecular weight is 360 g/mol. The topological polar surface area (TPSA) is 46.9 Å². The zero-order valence-corrected chi connectivity index (χ0v) is 14.7. The molecule has 6 heteroatoms. The predicted molar refractivity (Wildman–Crippen MR) is 97.5 cm³/mol. The maximum absolute atomic E-state index is 12.5. The number of para-hydroxylation sites is 1. The van der Waals surface area contributed by atoms with Gasteiger partial charge in [0.1, 0.15) is 5.82 Å². The van der Waals surface area contributed by atoms with E-state index in [0.29, 0.717) is 21.4 Å². The first kappa shape index (κ1) is 16.6. The quantitative estimate of drug-likeness (QED) is 0.711. The molecular formula is C18H15Cl2N3O. The summed E-state index contributed by atoms with van der Waals surface area (Å²) in [7, 11) is 0. The minimum Gasteiger partial charge on any atom is -0.306 e. The smallest absolute Gasteiger partial charge is 0.258 e. The molecule has 24 heavy (non-hydrogen) atoms. The third kappa shape index (κ3) is 3.30. The molecule has 1 heterocycles. The van der Waals surface area contributed by atoms with Gasteiger partial charge in [-0.1, -0.05) is 41.4 Å². The van der Waals surface area contributed by atoms with Gasteiger partial charge in [-0.2, -0.15) is 5.10 Å². The Kier molecular flexibility index (Phi) is 4.60. The van der Waals surface area contributed by atoms with Crippen LogP contribution in [0.1, 0.15) is 21.6 Å². The summed E-state index contributed by atoms with van der Waals surface area (Å²) in [5.74, 6) is 0.268. The molecule has 0 atom stereocenters. The molecule has 3 rings (SSSR count). The highest BCUT2D eigenvalue weighted by Gasteiger charge is 2.15. The third-order valence-electron chi connectivity index (χ3n) is 3.59. The second-order valence-electron chi connectivity index (χ2n) is 5.45. The predicted octanol–water partition coefficient (Wildman–Crippen LogP) is 5.05. The molecule has 0 saturated carbocycles. The van der Waals surface area contributed by atoms with E-state index < -0.39 is 0 Å². The van der Waals surface area contributed by atoms with Crippen molar-refractivity contribution in [2.45, 2.75) is 13.8 Å². The van der Waals surface area contributed by atoms with Gasteiger partial charge >= 0.3 is 0 Å². The molecule has 2 aromatic carbocycles. The summed E-state index contributed by atoms with van der Waals surface area (Å²) in [6.45, 7) is 3.87. The lowest BCUT2D eigenvalue weighted by Crippen LogP contribution is -2.16. The Balaban J connectivity index is 1.96. The number of benzene rings is 2. The second-order valence-corrected chi connectivity index (χ2v) is 6.29. The Morgan fingerprint density at radius 2 is 1.83 bits per heavy atom. The Bertz CT molecular complexity index is 918. The monoisotopic (exact) mass is 359 g/mol. The lowest BCUT2D eigenvalue weighted by Gasteiger charge is -2.11. The first-order chi connectivity index (χ1) is 11.5. The fourth-order valence-electron chi connectivity index (χ4n) is 2.43. The molecule has 1 amide bonds. The molecule has 0 radical (unpaired) electrons. The van der Waals surface area contributed by atoms with Crippen LogP contribution in [0.2, 0.25) is 10.0 Å². The number of anilines is 1. The van der Waals surface area contributed by atoms with E-state index in [1.807, 2.05) is 44.2 Å². The minimum absolute atomic E-state index is 0.304. The number of halogens is 2. The number of nitrogens with one attached hydrogen (secondary N) is 1. The van der Waals surface area contributed by atoms with E-state index in [1.165, 1.54) is 0 Å². The van der Waals surface area contributed by atoms with E-state index in [4.69, 9.17) is 23.2 Å². The van der Waals surface area contributed by atoms with Crippen LogP contribution >= 0.6 is 23.2 Å². The SMILES string of the molecule is Cc1cc(NC(=O)c2ccc(Cl)cc2Cl)n(-c2ccccc2C)n1. The molecule has 3 aromatic rings. The molecule has 4 nitrogen and oxygen atoms in total. The number of hydrogen-bond acceptors (Lipinski definition) is 2. The van der Waals surface area contributed by atoms with Crippen LogP contribution in [0.5, 0.6) is 0 Å². The molecule has 0 aliphatic heterocycles. The highest BCUT2D eigenvalue weighted by molar-refractivity contribution is 6.37. The molecular weight excluding hydrogens is 345 g/mol. The van der Waals surface area contributed by atoms with Crippen LogP contribution < -0.4 is 5.32 Å². The van der Waals surface area contributed by atoms with Crippen molar-refractivity contribution in [3.05, 3.63) is 75.4 Å². The Morgan fingerprint density at radius 1 is 1.08 bits per heavy atom. The summed E-state index contributed by atoms with van der Waals surface area (Å²) in [5.41, 5.74) is 3.12.